The van der Waals surface area contributed by atoms with E-state index >= 15 is 0 Å². The van der Waals surface area contributed by atoms with Gasteiger partial charge < -0.3 is 4.98 Å². The number of H-pyrrole nitrogens is 1. The first-order valence-corrected chi connectivity index (χ1v) is 6.24. The van der Waals surface area contributed by atoms with Gasteiger partial charge in [-0.3, -0.25) is 4.79 Å². The van der Waals surface area contributed by atoms with Crippen LogP contribution in [0.2, 0.25) is 0 Å². The highest BCUT2D eigenvalue weighted by Gasteiger charge is 2.07. The Morgan fingerprint density at radius 3 is 2.44 bits per heavy atom. The maximum absolute atomic E-state index is 13.0. The molecule has 1 N–H and O–H groups in total. The number of hydrogen-bond donors (Lipinski definition) is 1. The molecule has 0 aliphatic carbocycles. The van der Waals surface area contributed by atoms with E-state index in [1.54, 1.807) is 6.92 Å². The summed E-state index contributed by atoms with van der Waals surface area (Å²) < 4.78 is 26.6. The molecule has 6 heteroatoms. The normalized spacial score (nSPS) is 10.7. The third-order valence-corrected chi connectivity index (χ3v) is 3.64. The van der Waals surface area contributed by atoms with Gasteiger partial charge in [0.15, 0.2) is 0 Å². The van der Waals surface area contributed by atoms with Gasteiger partial charge in [-0.05, 0) is 47.2 Å². The lowest BCUT2D eigenvalue weighted by atomic mass is 10.1. The van der Waals surface area contributed by atoms with Crippen molar-refractivity contribution in [3.63, 3.8) is 0 Å². The van der Waals surface area contributed by atoms with Crippen LogP contribution in [0.1, 0.15) is 17.1 Å². The summed E-state index contributed by atoms with van der Waals surface area (Å²) in [5.74, 6) is -0.896. The van der Waals surface area contributed by atoms with Crippen LogP contribution in [0.3, 0.4) is 0 Å². The number of benzene rings is 1. The Labute approximate surface area is 115 Å². The fourth-order valence-corrected chi connectivity index (χ4v) is 1.88. The minimum atomic E-state index is -0.644. The van der Waals surface area contributed by atoms with Crippen molar-refractivity contribution in [2.24, 2.45) is 0 Å². The quantitative estimate of drug-likeness (QED) is 0.835. The predicted octanol–water partition coefficient (Wildman–Crippen LogP) is 2.55. The fraction of sp³-hybridized carbons (Fsp3) is 0.167. The molecule has 94 valence electrons. The van der Waals surface area contributed by atoms with Gasteiger partial charge in [-0.2, -0.15) is 0 Å². The van der Waals surface area contributed by atoms with Crippen molar-refractivity contribution in [2.75, 3.05) is 0 Å². The second-order valence-corrected chi connectivity index (χ2v) is 4.95. The van der Waals surface area contributed by atoms with Crippen molar-refractivity contribution in [1.82, 2.24) is 9.97 Å². The van der Waals surface area contributed by atoms with E-state index in [-0.39, 0.29) is 12.0 Å². The summed E-state index contributed by atoms with van der Waals surface area (Å²) in [6.07, 6.45) is 0.182. The van der Waals surface area contributed by atoms with Crippen molar-refractivity contribution in [3.05, 3.63) is 60.8 Å². The molecule has 0 unspecified atom stereocenters. The molecule has 0 amide bonds. The first kappa shape index (κ1) is 13.1. The van der Waals surface area contributed by atoms with E-state index in [1.165, 1.54) is 12.1 Å². The number of rotatable bonds is 2. The molecular formula is C12H9F2IN2O. The Hall–Kier alpha value is -1.31. The number of aromatic amines is 1. The molecule has 2 aromatic rings. The van der Waals surface area contributed by atoms with Gasteiger partial charge >= 0.3 is 0 Å². The van der Waals surface area contributed by atoms with Crippen LogP contribution in [0.4, 0.5) is 8.78 Å². The molecule has 0 radical (unpaired) electrons. The first-order valence-electron chi connectivity index (χ1n) is 5.16. The number of aryl methyl sites for hydroxylation is 1. The van der Waals surface area contributed by atoms with E-state index in [1.807, 2.05) is 22.6 Å². The molecule has 0 atom stereocenters. The zero-order valence-electron chi connectivity index (χ0n) is 9.43. The van der Waals surface area contributed by atoms with Gasteiger partial charge in [0.05, 0.1) is 9.26 Å². The van der Waals surface area contributed by atoms with Gasteiger partial charge in [0.25, 0.3) is 5.56 Å². The zero-order valence-corrected chi connectivity index (χ0v) is 11.6. The summed E-state index contributed by atoms with van der Waals surface area (Å²) in [6.45, 7) is 1.71. The summed E-state index contributed by atoms with van der Waals surface area (Å²) in [6, 6.07) is 3.24. The largest absolute Gasteiger partial charge is 0.309 e. The second kappa shape index (κ2) is 5.13. The Morgan fingerprint density at radius 1 is 1.28 bits per heavy atom. The monoisotopic (exact) mass is 362 g/mol. The molecule has 0 bridgehead atoms. The molecule has 0 spiro atoms. The lowest BCUT2D eigenvalue weighted by molar-refractivity contribution is 0.580. The summed E-state index contributed by atoms with van der Waals surface area (Å²) >= 11 is 1.90. The van der Waals surface area contributed by atoms with E-state index in [0.717, 1.165) is 6.07 Å². The number of nitrogens with one attached hydrogen (secondary N) is 1. The second-order valence-electron chi connectivity index (χ2n) is 3.87. The maximum atomic E-state index is 13.0. The molecule has 0 saturated heterocycles. The molecule has 0 aliphatic rings. The third-order valence-electron chi connectivity index (χ3n) is 2.37. The van der Waals surface area contributed by atoms with Crippen molar-refractivity contribution in [1.29, 1.82) is 0 Å². The molecule has 1 aromatic carbocycles. The number of hydrogen-bond acceptors (Lipinski definition) is 2. The average molecular weight is 362 g/mol. The van der Waals surface area contributed by atoms with E-state index in [9.17, 15) is 13.6 Å². The van der Waals surface area contributed by atoms with E-state index < -0.39 is 11.6 Å². The van der Waals surface area contributed by atoms with Crippen LogP contribution >= 0.6 is 22.6 Å². The van der Waals surface area contributed by atoms with Crippen LogP contribution in [0.5, 0.6) is 0 Å². The zero-order chi connectivity index (χ0) is 13.3. The van der Waals surface area contributed by atoms with Crippen LogP contribution in [0, 0.1) is 22.1 Å². The summed E-state index contributed by atoms with van der Waals surface area (Å²) in [4.78, 5) is 18.3. The molecule has 0 aliphatic heterocycles. The molecule has 0 saturated carbocycles. The van der Waals surface area contributed by atoms with Gasteiger partial charge in [-0.15, -0.1) is 0 Å². The van der Waals surface area contributed by atoms with Gasteiger partial charge in [0.1, 0.15) is 17.5 Å². The third kappa shape index (κ3) is 2.92. The smallest absolute Gasteiger partial charge is 0.264 e. The van der Waals surface area contributed by atoms with Crippen molar-refractivity contribution in [2.45, 2.75) is 13.3 Å². The van der Waals surface area contributed by atoms with Gasteiger partial charge in [-0.1, -0.05) is 0 Å². The lowest BCUT2D eigenvalue weighted by Gasteiger charge is -2.04. The lowest BCUT2D eigenvalue weighted by Crippen LogP contribution is -2.16. The first-order chi connectivity index (χ1) is 8.45. The van der Waals surface area contributed by atoms with E-state index in [2.05, 4.69) is 9.97 Å². The number of nitrogens with zero attached hydrogens (tertiary/aromatic N) is 1. The van der Waals surface area contributed by atoms with Crippen molar-refractivity contribution in [3.8, 4) is 0 Å². The van der Waals surface area contributed by atoms with Crippen molar-refractivity contribution >= 4 is 22.6 Å². The van der Waals surface area contributed by atoms with Crippen LogP contribution in [0.25, 0.3) is 0 Å². The van der Waals surface area contributed by atoms with Gasteiger partial charge in [0, 0.05) is 12.5 Å². The van der Waals surface area contributed by atoms with Crippen LogP contribution in [0.15, 0.2) is 23.0 Å². The highest BCUT2D eigenvalue weighted by Crippen LogP contribution is 2.11. The molecule has 1 heterocycles. The van der Waals surface area contributed by atoms with Gasteiger partial charge in [0.2, 0.25) is 0 Å². The highest BCUT2D eigenvalue weighted by atomic mass is 127. The number of halogens is 3. The Balaban J connectivity index is 2.37. The SMILES string of the molecule is Cc1nc(Cc2cc(F)cc(F)c2)[nH]c(=O)c1I. The minimum absolute atomic E-state index is 0.182. The van der Waals surface area contributed by atoms with E-state index in [0.29, 0.717) is 20.7 Å². The van der Waals surface area contributed by atoms with Crippen LogP contribution < -0.4 is 5.56 Å². The Morgan fingerprint density at radius 2 is 1.89 bits per heavy atom. The average Bonchev–Trinajstić information content (AvgIpc) is 2.24. The number of aromatic nitrogens is 2. The Bertz CT molecular complexity index is 635. The fourth-order valence-electron chi connectivity index (χ4n) is 1.62. The summed E-state index contributed by atoms with van der Waals surface area (Å²) in [5, 5.41) is 0. The minimum Gasteiger partial charge on any atom is -0.309 e. The Kier molecular flexibility index (Phi) is 3.74. The van der Waals surface area contributed by atoms with E-state index in [4.69, 9.17) is 0 Å². The van der Waals surface area contributed by atoms with Crippen LogP contribution in [-0.2, 0) is 6.42 Å². The van der Waals surface area contributed by atoms with Crippen molar-refractivity contribution < 1.29 is 8.78 Å². The topological polar surface area (TPSA) is 45.8 Å². The molecule has 0 fully saturated rings. The summed E-state index contributed by atoms with van der Waals surface area (Å²) in [5.41, 5.74) is 0.789. The van der Waals surface area contributed by atoms with Gasteiger partial charge in [-0.25, -0.2) is 13.8 Å². The summed E-state index contributed by atoms with van der Waals surface area (Å²) in [7, 11) is 0. The standard InChI is InChI=1S/C12H9F2IN2O/c1-6-11(15)12(18)17-10(16-6)4-7-2-8(13)5-9(14)3-7/h2-3,5H,4H2,1H3,(H,16,17,18). The molecule has 2 rings (SSSR count). The molecule has 18 heavy (non-hydrogen) atoms. The predicted molar refractivity (Wildman–Crippen MR) is 71.5 cm³/mol. The molecule has 3 nitrogen and oxygen atoms in total. The molecule has 1 aromatic heterocycles. The van der Waals surface area contributed by atoms with Crippen LogP contribution in [-0.4, -0.2) is 9.97 Å². The molecular weight excluding hydrogens is 353 g/mol. The maximum Gasteiger partial charge on any atom is 0.264 e. The highest BCUT2D eigenvalue weighted by molar-refractivity contribution is 14.1.